The highest BCUT2D eigenvalue weighted by Crippen LogP contribution is 2.20. The lowest BCUT2D eigenvalue weighted by Gasteiger charge is -2.14. The predicted molar refractivity (Wildman–Crippen MR) is 79.1 cm³/mol. The number of nitrogens with zero attached hydrogens (tertiary/aromatic N) is 1. The number of aliphatic hydroxyl groups is 1. The lowest BCUT2D eigenvalue weighted by Crippen LogP contribution is -2.30. The van der Waals surface area contributed by atoms with Crippen LogP contribution >= 0.6 is 0 Å². The Balaban J connectivity index is 2.07. The molecule has 0 bridgehead atoms. The first kappa shape index (κ1) is 16.8. The van der Waals surface area contributed by atoms with Crippen molar-refractivity contribution in [1.29, 1.82) is 0 Å². The zero-order valence-electron chi connectivity index (χ0n) is 12.4. The highest BCUT2D eigenvalue weighted by molar-refractivity contribution is 5.94. The molecule has 2 aromatic rings. The molecule has 122 valence electrons. The van der Waals surface area contributed by atoms with E-state index in [1.165, 1.54) is 12.3 Å². The van der Waals surface area contributed by atoms with E-state index in [1.54, 1.807) is 19.1 Å². The van der Waals surface area contributed by atoms with Crippen molar-refractivity contribution in [1.82, 2.24) is 10.3 Å². The molecule has 23 heavy (non-hydrogen) atoms. The van der Waals surface area contributed by atoms with Gasteiger partial charge in [0.15, 0.2) is 11.4 Å². The molecule has 2 N–H and O–H groups in total. The van der Waals surface area contributed by atoms with Gasteiger partial charge in [-0.2, -0.15) is 0 Å². The number of aromatic nitrogens is 1. The third-order valence-electron chi connectivity index (χ3n) is 3.07. The number of aliphatic hydroxyl groups excluding tert-OH is 1. The number of pyridine rings is 1. The van der Waals surface area contributed by atoms with Crippen molar-refractivity contribution >= 4 is 5.91 Å². The van der Waals surface area contributed by atoms with Crippen LogP contribution in [-0.4, -0.2) is 29.1 Å². The van der Waals surface area contributed by atoms with E-state index >= 15 is 0 Å². The van der Waals surface area contributed by atoms with E-state index in [2.05, 4.69) is 10.3 Å². The van der Waals surface area contributed by atoms with Gasteiger partial charge in [-0.05, 0) is 31.2 Å². The van der Waals surface area contributed by atoms with Gasteiger partial charge in [0.1, 0.15) is 17.7 Å². The molecular formula is C16H16F2N2O3. The summed E-state index contributed by atoms with van der Waals surface area (Å²) in [6.45, 7) is 1.76. The first-order valence-corrected chi connectivity index (χ1v) is 7.02. The number of rotatable bonds is 6. The van der Waals surface area contributed by atoms with E-state index in [9.17, 15) is 18.7 Å². The molecule has 1 atom stereocenters. The maximum absolute atomic E-state index is 13.6. The fourth-order valence-electron chi connectivity index (χ4n) is 2.04. The monoisotopic (exact) mass is 322 g/mol. The zero-order valence-corrected chi connectivity index (χ0v) is 12.4. The van der Waals surface area contributed by atoms with E-state index in [0.29, 0.717) is 12.4 Å². The molecule has 5 nitrogen and oxygen atoms in total. The van der Waals surface area contributed by atoms with E-state index in [-0.39, 0.29) is 12.2 Å². The Morgan fingerprint density at radius 3 is 2.65 bits per heavy atom. The number of halogens is 2. The van der Waals surface area contributed by atoms with Crippen molar-refractivity contribution in [3.8, 4) is 5.75 Å². The maximum atomic E-state index is 13.6. The highest BCUT2D eigenvalue weighted by Gasteiger charge is 2.20. The van der Waals surface area contributed by atoms with Crippen LogP contribution in [0, 0.1) is 11.6 Å². The number of carbonyl (C=O) groups is 1. The van der Waals surface area contributed by atoms with Gasteiger partial charge in [-0.1, -0.05) is 6.07 Å². The molecule has 1 unspecified atom stereocenters. The van der Waals surface area contributed by atoms with Crippen LogP contribution in [0.1, 0.15) is 29.1 Å². The largest absolute Gasteiger partial charge is 0.491 e. The van der Waals surface area contributed by atoms with E-state index < -0.39 is 29.2 Å². The minimum Gasteiger partial charge on any atom is -0.491 e. The second kappa shape index (κ2) is 7.64. The number of hydrogen-bond acceptors (Lipinski definition) is 4. The summed E-state index contributed by atoms with van der Waals surface area (Å²) in [5, 5.41) is 12.3. The molecule has 1 heterocycles. The van der Waals surface area contributed by atoms with Gasteiger partial charge < -0.3 is 15.2 Å². The van der Waals surface area contributed by atoms with Crippen LogP contribution in [0.2, 0.25) is 0 Å². The zero-order chi connectivity index (χ0) is 16.8. The van der Waals surface area contributed by atoms with Crippen LogP contribution in [0.25, 0.3) is 0 Å². The third kappa shape index (κ3) is 4.01. The maximum Gasteiger partial charge on any atom is 0.273 e. The highest BCUT2D eigenvalue weighted by atomic mass is 19.1. The molecule has 1 aromatic carbocycles. The molecular weight excluding hydrogens is 306 g/mol. The molecule has 0 aliphatic rings. The quantitative estimate of drug-likeness (QED) is 0.855. The molecule has 0 saturated heterocycles. The molecule has 0 aliphatic heterocycles. The third-order valence-corrected chi connectivity index (χ3v) is 3.07. The van der Waals surface area contributed by atoms with E-state index in [4.69, 9.17) is 4.74 Å². The Bertz CT molecular complexity index is 675. The summed E-state index contributed by atoms with van der Waals surface area (Å²) in [5.74, 6) is -2.07. The Morgan fingerprint density at radius 1 is 1.30 bits per heavy atom. The average molecular weight is 322 g/mol. The Labute approximate surface area is 131 Å². The predicted octanol–water partition coefficient (Wildman–Crippen LogP) is 2.22. The fraction of sp³-hybridized carbons (Fsp3) is 0.250. The lowest BCUT2D eigenvalue weighted by molar-refractivity contribution is 0.0902. The van der Waals surface area contributed by atoms with Crippen molar-refractivity contribution in [2.45, 2.75) is 13.0 Å². The summed E-state index contributed by atoms with van der Waals surface area (Å²) in [7, 11) is 0. The molecule has 0 fully saturated rings. The summed E-state index contributed by atoms with van der Waals surface area (Å²) < 4.78 is 32.4. The van der Waals surface area contributed by atoms with Gasteiger partial charge in [-0.25, -0.2) is 13.8 Å². The van der Waals surface area contributed by atoms with Crippen LogP contribution < -0.4 is 10.1 Å². The summed E-state index contributed by atoms with van der Waals surface area (Å²) >= 11 is 0. The minimum absolute atomic E-state index is 0.0376. The number of amides is 1. The van der Waals surface area contributed by atoms with Gasteiger partial charge in [0.2, 0.25) is 0 Å². The van der Waals surface area contributed by atoms with Crippen LogP contribution in [0.4, 0.5) is 8.78 Å². The number of nitrogens with one attached hydrogen (secondary N) is 1. The van der Waals surface area contributed by atoms with Crippen LogP contribution in [0.15, 0.2) is 36.5 Å². The Morgan fingerprint density at radius 2 is 2.00 bits per heavy atom. The van der Waals surface area contributed by atoms with Crippen molar-refractivity contribution < 1.29 is 23.4 Å². The van der Waals surface area contributed by atoms with Gasteiger partial charge in [-0.3, -0.25) is 4.79 Å². The molecule has 0 spiro atoms. The van der Waals surface area contributed by atoms with Crippen LogP contribution in [0.3, 0.4) is 0 Å². The van der Waals surface area contributed by atoms with E-state index in [0.717, 1.165) is 12.1 Å². The fourth-order valence-corrected chi connectivity index (χ4v) is 2.04. The van der Waals surface area contributed by atoms with Crippen molar-refractivity contribution in [3.63, 3.8) is 0 Å². The summed E-state index contributed by atoms with van der Waals surface area (Å²) in [5.41, 5.74) is -0.450. The molecule has 1 amide bonds. The first-order chi connectivity index (χ1) is 11.0. The second-order valence-corrected chi connectivity index (χ2v) is 4.64. The van der Waals surface area contributed by atoms with Gasteiger partial charge >= 0.3 is 0 Å². The van der Waals surface area contributed by atoms with Crippen molar-refractivity contribution in [3.05, 3.63) is 59.4 Å². The number of ether oxygens (including phenoxy) is 1. The topological polar surface area (TPSA) is 71.5 Å². The molecule has 2 rings (SSSR count). The normalized spacial score (nSPS) is 11.8. The van der Waals surface area contributed by atoms with Gasteiger partial charge in [0.25, 0.3) is 5.91 Å². The average Bonchev–Trinajstić information content (AvgIpc) is 2.53. The van der Waals surface area contributed by atoms with Gasteiger partial charge in [-0.15, -0.1) is 0 Å². The number of hydrogen-bond donors (Lipinski definition) is 2. The van der Waals surface area contributed by atoms with Gasteiger partial charge in [0, 0.05) is 12.7 Å². The molecule has 0 saturated carbocycles. The Hall–Kier alpha value is -2.54. The van der Waals surface area contributed by atoms with Crippen molar-refractivity contribution in [2.24, 2.45) is 0 Å². The summed E-state index contributed by atoms with van der Waals surface area (Å²) in [6, 6.07) is 6.47. The number of benzene rings is 1. The van der Waals surface area contributed by atoms with E-state index in [1.807, 2.05) is 0 Å². The Kier molecular flexibility index (Phi) is 5.59. The molecule has 1 aromatic heterocycles. The molecule has 0 radical (unpaired) electrons. The number of carbonyl (C=O) groups excluding carboxylic acids is 1. The standard InChI is InChI=1S/C16H16F2N2O3/c1-2-23-13-7-4-8-19-15(13)16(22)20-9-12(21)14-10(17)5-3-6-11(14)18/h3-8,12,21H,2,9H2,1H3,(H,20,22). The first-order valence-electron chi connectivity index (χ1n) is 7.02. The lowest BCUT2D eigenvalue weighted by atomic mass is 10.1. The SMILES string of the molecule is CCOc1cccnc1C(=O)NCC(O)c1c(F)cccc1F. The summed E-state index contributed by atoms with van der Waals surface area (Å²) in [4.78, 5) is 16.0. The van der Waals surface area contributed by atoms with Crippen molar-refractivity contribution in [2.75, 3.05) is 13.2 Å². The van der Waals surface area contributed by atoms with Crippen LogP contribution in [0.5, 0.6) is 5.75 Å². The smallest absolute Gasteiger partial charge is 0.273 e. The molecule has 0 aliphatic carbocycles. The second-order valence-electron chi connectivity index (χ2n) is 4.64. The van der Waals surface area contributed by atoms with Crippen LogP contribution in [-0.2, 0) is 0 Å². The molecule has 7 heteroatoms. The summed E-state index contributed by atoms with van der Waals surface area (Å²) in [6.07, 6.45) is -0.0934. The van der Waals surface area contributed by atoms with Gasteiger partial charge in [0.05, 0.1) is 12.2 Å². The minimum atomic E-state index is -1.51.